The summed E-state index contributed by atoms with van der Waals surface area (Å²) in [4.78, 5) is 33.8. The lowest BCUT2D eigenvalue weighted by Crippen LogP contribution is -2.17. The minimum atomic E-state index is -0.487. The first-order valence-corrected chi connectivity index (χ1v) is 7.78. The number of nitrogens with one attached hydrogen (secondary N) is 2. The number of benzene rings is 1. The van der Waals surface area contributed by atoms with E-state index in [1.54, 1.807) is 37.3 Å². The van der Waals surface area contributed by atoms with Crippen LogP contribution in [-0.4, -0.2) is 23.0 Å². The summed E-state index contributed by atoms with van der Waals surface area (Å²) >= 11 is 0.958. The van der Waals surface area contributed by atoms with E-state index in [4.69, 9.17) is 0 Å². The van der Waals surface area contributed by atoms with Crippen molar-refractivity contribution < 1.29 is 14.5 Å². The average molecular weight is 346 g/mol. The normalized spacial score (nSPS) is 10.5. The van der Waals surface area contributed by atoms with Gasteiger partial charge < -0.3 is 5.32 Å². The molecule has 1 aromatic heterocycles. The number of carbonyl (C=O) groups excluding carboxylic acids is 2. The second-order valence-corrected chi connectivity index (χ2v) is 5.71. The van der Waals surface area contributed by atoms with Gasteiger partial charge in [0, 0.05) is 23.7 Å². The van der Waals surface area contributed by atoms with E-state index in [9.17, 15) is 19.7 Å². The SMILES string of the molecule is CCC(=O)Nc1ccc(C(=O)N/N=C/c2ccc([N+](=O)[O-])s2)cc1. The Hall–Kier alpha value is -3.07. The zero-order valence-corrected chi connectivity index (χ0v) is 13.5. The highest BCUT2D eigenvalue weighted by molar-refractivity contribution is 7.16. The van der Waals surface area contributed by atoms with Crippen molar-refractivity contribution in [3.05, 3.63) is 57.0 Å². The van der Waals surface area contributed by atoms with Crippen LogP contribution in [-0.2, 0) is 4.79 Å². The van der Waals surface area contributed by atoms with Gasteiger partial charge in [-0.05, 0) is 30.3 Å². The Bertz CT molecular complexity index is 783. The van der Waals surface area contributed by atoms with Gasteiger partial charge in [0.15, 0.2) is 0 Å². The van der Waals surface area contributed by atoms with Gasteiger partial charge in [0.1, 0.15) is 0 Å². The predicted octanol–water partition coefficient (Wildman–Crippen LogP) is 2.77. The van der Waals surface area contributed by atoms with Crippen LogP contribution in [0.4, 0.5) is 10.7 Å². The first-order chi connectivity index (χ1) is 11.5. The fraction of sp³-hybridized carbons (Fsp3) is 0.133. The molecule has 0 bridgehead atoms. The molecule has 2 N–H and O–H groups in total. The molecule has 0 saturated heterocycles. The van der Waals surface area contributed by atoms with Crippen molar-refractivity contribution >= 4 is 40.1 Å². The van der Waals surface area contributed by atoms with Gasteiger partial charge in [-0.15, -0.1) is 0 Å². The Labute approximate surface area is 141 Å². The number of thiophene rings is 1. The monoisotopic (exact) mass is 346 g/mol. The molecule has 8 nitrogen and oxygen atoms in total. The minimum absolute atomic E-state index is 0.00694. The van der Waals surface area contributed by atoms with Crippen molar-refractivity contribution in [1.82, 2.24) is 5.43 Å². The van der Waals surface area contributed by atoms with Gasteiger partial charge in [-0.3, -0.25) is 19.7 Å². The van der Waals surface area contributed by atoms with E-state index in [0.717, 1.165) is 11.3 Å². The molecule has 2 rings (SSSR count). The van der Waals surface area contributed by atoms with Crippen molar-refractivity contribution in [2.24, 2.45) is 5.10 Å². The summed E-state index contributed by atoms with van der Waals surface area (Å²) in [5.74, 6) is -0.535. The zero-order valence-electron chi connectivity index (χ0n) is 12.7. The number of nitro groups is 1. The molecule has 24 heavy (non-hydrogen) atoms. The highest BCUT2D eigenvalue weighted by Gasteiger charge is 2.08. The molecule has 0 aliphatic rings. The summed E-state index contributed by atoms with van der Waals surface area (Å²) in [7, 11) is 0. The molecule has 0 unspecified atom stereocenters. The lowest BCUT2D eigenvalue weighted by molar-refractivity contribution is -0.380. The summed E-state index contributed by atoms with van der Waals surface area (Å²) in [5, 5.41) is 17.0. The van der Waals surface area contributed by atoms with Crippen LogP contribution in [0.15, 0.2) is 41.5 Å². The molecule has 0 aliphatic heterocycles. The molecule has 1 aromatic carbocycles. The number of anilines is 1. The predicted molar refractivity (Wildman–Crippen MR) is 91.4 cm³/mol. The summed E-state index contributed by atoms with van der Waals surface area (Å²) < 4.78 is 0. The van der Waals surface area contributed by atoms with Crippen LogP contribution in [0, 0.1) is 10.1 Å². The van der Waals surface area contributed by atoms with Gasteiger partial charge in [-0.2, -0.15) is 5.10 Å². The second-order valence-electron chi connectivity index (χ2n) is 4.61. The van der Waals surface area contributed by atoms with Crippen molar-refractivity contribution in [3.8, 4) is 0 Å². The van der Waals surface area contributed by atoms with E-state index in [-0.39, 0.29) is 10.9 Å². The molecule has 0 fully saturated rings. The molecule has 0 spiro atoms. The van der Waals surface area contributed by atoms with E-state index in [0.29, 0.717) is 22.5 Å². The van der Waals surface area contributed by atoms with Crippen molar-refractivity contribution in [2.45, 2.75) is 13.3 Å². The number of hydrogen-bond acceptors (Lipinski definition) is 6. The van der Waals surface area contributed by atoms with Gasteiger partial charge in [0.2, 0.25) is 5.91 Å². The Kier molecular flexibility index (Phi) is 5.74. The lowest BCUT2D eigenvalue weighted by Gasteiger charge is -2.04. The smallest absolute Gasteiger partial charge is 0.324 e. The molecule has 1 heterocycles. The number of hydrazone groups is 1. The Morgan fingerprint density at radius 3 is 2.54 bits per heavy atom. The van der Waals surface area contributed by atoms with E-state index in [1.165, 1.54) is 12.3 Å². The highest BCUT2D eigenvalue weighted by Crippen LogP contribution is 2.22. The fourth-order valence-corrected chi connectivity index (χ4v) is 2.38. The van der Waals surface area contributed by atoms with Gasteiger partial charge in [-0.1, -0.05) is 18.3 Å². The van der Waals surface area contributed by atoms with Crippen LogP contribution in [0.2, 0.25) is 0 Å². The maximum absolute atomic E-state index is 11.9. The largest absolute Gasteiger partial charge is 0.326 e. The minimum Gasteiger partial charge on any atom is -0.326 e. The Morgan fingerprint density at radius 2 is 1.96 bits per heavy atom. The second kappa shape index (κ2) is 7.97. The molecule has 0 radical (unpaired) electrons. The summed E-state index contributed by atoms with van der Waals surface area (Å²) in [6.07, 6.45) is 1.71. The summed E-state index contributed by atoms with van der Waals surface area (Å²) in [6.45, 7) is 1.75. The van der Waals surface area contributed by atoms with Crippen molar-refractivity contribution in [3.63, 3.8) is 0 Å². The zero-order chi connectivity index (χ0) is 17.5. The quantitative estimate of drug-likeness (QED) is 0.475. The Balaban J connectivity index is 1.93. The van der Waals surface area contributed by atoms with Gasteiger partial charge in [0.05, 0.1) is 16.0 Å². The van der Waals surface area contributed by atoms with Crippen molar-refractivity contribution in [2.75, 3.05) is 5.32 Å². The van der Waals surface area contributed by atoms with Crippen LogP contribution in [0.1, 0.15) is 28.6 Å². The summed E-state index contributed by atoms with van der Waals surface area (Å²) in [6, 6.07) is 9.28. The average Bonchev–Trinajstić information content (AvgIpc) is 3.04. The first kappa shape index (κ1) is 17.3. The number of rotatable bonds is 6. The summed E-state index contributed by atoms with van der Waals surface area (Å²) in [5.41, 5.74) is 3.32. The molecule has 0 aliphatic carbocycles. The van der Waals surface area contributed by atoms with Crippen LogP contribution in [0.25, 0.3) is 0 Å². The molecular weight excluding hydrogens is 332 g/mol. The standard InChI is InChI=1S/C15H14N4O4S/c1-2-13(20)17-11-5-3-10(4-6-11)15(21)18-16-9-12-7-8-14(24-12)19(22)23/h3-9H,2H2,1H3,(H,17,20)(H,18,21)/b16-9+. The van der Waals surface area contributed by atoms with E-state index >= 15 is 0 Å². The lowest BCUT2D eigenvalue weighted by atomic mass is 10.2. The topological polar surface area (TPSA) is 114 Å². The van der Waals surface area contributed by atoms with E-state index in [2.05, 4.69) is 15.8 Å². The van der Waals surface area contributed by atoms with Crippen molar-refractivity contribution in [1.29, 1.82) is 0 Å². The molecule has 0 saturated carbocycles. The molecular formula is C15H14N4O4S. The first-order valence-electron chi connectivity index (χ1n) is 6.97. The third kappa shape index (κ3) is 4.71. The number of carbonyl (C=O) groups is 2. The fourth-order valence-electron chi connectivity index (χ4n) is 1.68. The van der Waals surface area contributed by atoms with Crippen LogP contribution in [0.5, 0.6) is 0 Å². The molecule has 0 atom stereocenters. The van der Waals surface area contributed by atoms with Gasteiger partial charge >= 0.3 is 5.00 Å². The molecule has 9 heteroatoms. The van der Waals surface area contributed by atoms with Crippen LogP contribution < -0.4 is 10.7 Å². The van der Waals surface area contributed by atoms with E-state index < -0.39 is 10.8 Å². The maximum Gasteiger partial charge on any atom is 0.324 e. The van der Waals surface area contributed by atoms with Crippen LogP contribution >= 0.6 is 11.3 Å². The molecule has 2 aromatic rings. The third-order valence-electron chi connectivity index (χ3n) is 2.90. The van der Waals surface area contributed by atoms with Crippen LogP contribution in [0.3, 0.4) is 0 Å². The Morgan fingerprint density at radius 1 is 1.25 bits per heavy atom. The highest BCUT2D eigenvalue weighted by atomic mass is 32.1. The molecule has 2 amide bonds. The number of amides is 2. The molecule has 124 valence electrons. The van der Waals surface area contributed by atoms with Gasteiger partial charge in [0.25, 0.3) is 5.91 Å². The maximum atomic E-state index is 11.9. The van der Waals surface area contributed by atoms with Gasteiger partial charge in [-0.25, -0.2) is 5.43 Å². The third-order valence-corrected chi connectivity index (χ3v) is 3.87. The van der Waals surface area contributed by atoms with E-state index in [1.807, 2.05) is 0 Å². The number of nitrogens with zero attached hydrogens (tertiary/aromatic N) is 2. The number of hydrogen-bond donors (Lipinski definition) is 2.